The second-order valence-corrected chi connectivity index (χ2v) is 5.92. The van der Waals surface area contributed by atoms with Crippen molar-refractivity contribution in [2.75, 3.05) is 38.7 Å². The van der Waals surface area contributed by atoms with Crippen molar-refractivity contribution in [3.63, 3.8) is 0 Å². The quantitative estimate of drug-likeness (QED) is 0.831. The summed E-state index contributed by atoms with van der Waals surface area (Å²) in [5, 5.41) is 19.1. The van der Waals surface area contributed by atoms with Crippen LogP contribution in [0.2, 0.25) is 0 Å². The van der Waals surface area contributed by atoms with Crippen LogP contribution in [0.15, 0.2) is 24.3 Å². The first-order valence-electron chi connectivity index (χ1n) is 7.59. The van der Waals surface area contributed by atoms with Crippen LogP contribution >= 0.6 is 0 Å². The van der Waals surface area contributed by atoms with Crippen LogP contribution < -0.4 is 4.90 Å². The zero-order valence-electron chi connectivity index (χ0n) is 13.2. The Labute approximate surface area is 131 Å². The van der Waals surface area contributed by atoms with Crippen LogP contribution in [0.4, 0.5) is 5.69 Å². The van der Waals surface area contributed by atoms with Gasteiger partial charge >= 0.3 is 0 Å². The fourth-order valence-corrected chi connectivity index (χ4v) is 2.55. The van der Waals surface area contributed by atoms with Gasteiger partial charge in [0.05, 0.1) is 0 Å². The number of aliphatic hydroxyl groups excluding tert-OH is 1. The summed E-state index contributed by atoms with van der Waals surface area (Å²) < 4.78 is 0. The molecule has 1 amide bonds. The number of benzene rings is 1. The van der Waals surface area contributed by atoms with E-state index in [4.69, 9.17) is 5.11 Å². The molecule has 22 heavy (non-hydrogen) atoms. The summed E-state index contributed by atoms with van der Waals surface area (Å²) in [6.45, 7) is 1.56. The molecular formula is C17H24N2O3. The van der Waals surface area contributed by atoms with Crippen molar-refractivity contribution in [2.24, 2.45) is 5.92 Å². The van der Waals surface area contributed by atoms with Crippen LogP contribution in [0.1, 0.15) is 18.4 Å². The van der Waals surface area contributed by atoms with Gasteiger partial charge in [-0.2, -0.15) is 0 Å². The number of hydrogen-bond donors (Lipinski definition) is 2. The summed E-state index contributed by atoms with van der Waals surface area (Å²) in [7, 11) is 3.81. The molecule has 0 spiro atoms. The van der Waals surface area contributed by atoms with Gasteiger partial charge in [0.15, 0.2) is 0 Å². The molecule has 120 valence electrons. The molecule has 0 unspecified atom stereocenters. The molecule has 1 heterocycles. The van der Waals surface area contributed by atoms with Gasteiger partial charge in [-0.25, -0.2) is 0 Å². The van der Waals surface area contributed by atoms with E-state index in [1.54, 1.807) is 23.1 Å². The molecule has 0 bridgehead atoms. The van der Waals surface area contributed by atoms with Gasteiger partial charge < -0.3 is 20.0 Å². The minimum Gasteiger partial charge on any atom is -0.507 e. The number of aromatic hydroxyl groups is 1. The van der Waals surface area contributed by atoms with E-state index in [2.05, 4.69) is 0 Å². The highest BCUT2D eigenvalue weighted by molar-refractivity contribution is 5.92. The van der Waals surface area contributed by atoms with E-state index in [9.17, 15) is 9.90 Å². The maximum Gasteiger partial charge on any atom is 0.246 e. The van der Waals surface area contributed by atoms with Gasteiger partial charge in [0.2, 0.25) is 5.91 Å². The number of nitrogens with zero attached hydrogens (tertiary/aromatic N) is 2. The second-order valence-electron chi connectivity index (χ2n) is 5.92. The number of likely N-dealkylation sites (tertiary alicyclic amines) is 1. The van der Waals surface area contributed by atoms with E-state index in [0.29, 0.717) is 24.6 Å². The van der Waals surface area contributed by atoms with Crippen LogP contribution in [0, 0.1) is 5.92 Å². The zero-order valence-corrected chi connectivity index (χ0v) is 13.2. The first-order chi connectivity index (χ1) is 10.5. The zero-order chi connectivity index (χ0) is 16.1. The van der Waals surface area contributed by atoms with Crippen LogP contribution in [0.5, 0.6) is 5.75 Å². The van der Waals surface area contributed by atoms with Gasteiger partial charge in [-0.15, -0.1) is 0 Å². The lowest BCUT2D eigenvalue weighted by Gasteiger charge is -2.30. The Morgan fingerprint density at radius 2 is 2.05 bits per heavy atom. The summed E-state index contributed by atoms with van der Waals surface area (Å²) in [5.74, 6) is 0.428. The maximum atomic E-state index is 12.1. The molecule has 1 aliphatic rings. The predicted molar refractivity (Wildman–Crippen MR) is 87.9 cm³/mol. The van der Waals surface area contributed by atoms with Crippen LogP contribution in [-0.4, -0.2) is 54.8 Å². The molecule has 1 aromatic carbocycles. The van der Waals surface area contributed by atoms with Gasteiger partial charge in [0.25, 0.3) is 0 Å². The molecule has 2 rings (SSSR count). The Morgan fingerprint density at radius 3 is 2.59 bits per heavy atom. The SMILES string of the molecule is CN(C)c1ccc(/C=C/C(=O)N2CCC(CO)CC2)c(O)c1. The largest absolute Gasteiger partial charge is 0.507 e. The van der Waals surface area contributed by atoms with Gasteiger partial charge in [-0.05, 0) is 37.0 Å². The fraction of sp³-hybridized carbons (Fsp3) is 0.471. The van der Waals surface area contributed by atoms with Gasteiger partial charge in [0.1, 0.15) is 5.75 Å². The van der Waals surface area contributed by atoms with Crippen molar-refractivity contribution in [3.05, 3.63) is 29.8 Å². The lowest BCUT2D eigenvalue weighted by Crippen LogP contribution is -2.38. The molecule has 0 radical (unpaired) electrons. The summed E-state index contributed by atoms with van der Waals surface area (Å²) >= 11 is 0. The predicted octanol–water partition coefficient (Wildman–Crippen LogP) is 1.70. The molecule has 5 heteroatoms. The molecule has 5 nitrogen and oxygen atoms in total. The maximum absolute atomic E-state index is 12.1. The van der Waals surface area contributed by atoms with E-state index < -0.39 is 0 Å². The molecule has 0 saturated carbocycles. The van der Waals surface area contributed by atoms with E-state index in [1.807, 2.05) is 25.1 Å². The highest BCUT2D eigenvalue weighted by atomic mass is 16.3. The lowest BCUT2D eigenvalue weighted by molar-refractivity contribution is -0.127. The van der Waals surface area contributed by atoms with Crippen molar-refractivity contribution in [3.8, 4) is 5.75 Å². The number of hydrogen-bond acceptors (Lipinski definition) is 4. The summed E-state index contributed by atoms with van der Waals surface area (Å²) in [6, 6.07) is 5.37. The van der Waals surface area contributed by atoms with Gasteiger partial charge in [-0.3, -0.25) is 4.79 Å². The van der Waals surface area contributed by atoms with Crippen LogP contribution in [-0.2, 0) is 4.79 Å². The monoisotopic (exact) mass is 304 g/mol. The number of anilines is 1. The summed E-state index contributed by atoms with van der Waals surface area (Å²) in [5.41, 5.74) is 1.54. The number of aliphatic hydroxyl groups is 1. The van der Waals surface area contributed by atoms with Crippen LogP contribution in [0.3, 0.4) is 0 Å². The number of phenolic OH excluding ortho intramolecular Hbond substituents is 1. The number of carbonyl (C=O) groups is 1. The first-order valence-corrected chi connectivity index (χ1v) is 7.59. The molecular weight excluding hydrogens is 280 g/mol. The third kappa shape index (κ3) is 4.01. The molecule has 2 N–H and O–H groups in total. The Kier molecular flexibility index (Phi) is 5.44. The van der Waals surface area contributed by atoms with Crippen molar-refractivity contribution in [2.45, 2.75) is 12.8 Å². The van der Waals surface area contributed by atoms with Gasteiger partial charge in [0, 0.05) is 57.2 Å². The molecule has 1 aliphatic heterocycles. The van der Waals surface area contributed by atoms with E-state index >= 15 is 0 Å². The Hall–Kier alpha value is -2.01. The first kappa shape index (κ1) is 16.4. The van der Waals surface area contributed by atoms with E-state index in [0.717, 1.165) is 18.5 Å². The minimum atomic E-state index is -0.0486. The average molecular weight is 304 g/mol. The van der Waals surface area contributed by atoms with E-state index in [-0.39, 0.29) is 18.3 Å². The highest BCUT2D eigenvalue weighted by Gasteiger charge is 2.20. The molecule has 1 fully saturated rings. The number of rotatable bonds is 4. The van der Waals surface area contributed by atoms with Crippen molar-refractivity contribution in [1.29, 1.82) is 0 Å². The smallest absolute Gasteiger partial charge is 0.246 e. The highest BCUT2D eigenvalue weighted by Crippen LogP contribution is 2.25. The molecule has 1 saturated heterocycles. The van der Waals surface area contributed by atoms with E-state index in [1.165, 1.54) is 6.08 Å². The Bertz CT molecular complexity index is 547. The third-order valence-electron chi connectivity index (χ3n) is 4.12. The second kappa shape index (κ2) is 7.31. The van der Waals surface area contributed by atoms with Crippen molar-refractivity contribution < 1.29 is 15.0 Å². The fourth-order valence-electron chi connectivity index (χ4n) is 2.55. The number of piperidine rings is 1. The molecule has 0 atom stereocenters. The number of carbonyl (C=O) groups excluding carboxylic acids is 1. The lowest BCUT2D eigenvalue weighted by atomic mass is 9.98. The Morgan fingerprint density at radius 1 is 1.36 bits per heavy atom. The van der Waals surface area contributed by atoms with Gasteiger partial charge in [-0.1, -0.05) is 0 Å². The van der Waals surface area contributed by atoms with Crippen molar-refractivity contribution >= 4 is 17.7 Å². The summed E-state index contributed by atoms with van der Waals surface area (Å²) in [6.07, 6.45) is 4.84. The van der Waals surface area contributed by atoms with Crippen molar-refractivity contribution in [1.82, 2.24) is 4.90 Å². The number of amides is 1. The molecule has 0 aromatic heterocycles. The molecule has 0 aliphatic carbocycles. The Balaban J connectivity index is 1.98. The minimum absolute atomic E-state index is 0.0486. The standard InChI is InChI=1S/C17H24N2O3/c1-18(2)15-5-3-14(16(21)11-15)4-6-17(22)19-9-7-13(12-20)8-10-19/h3-6,11,13,20-21H,7-10,12H2,1-2H3/b6-4+. The number of phenols is 1. The summed E-state index contributed by atoms with van der Waals surface area (Å²) in [4.78, 5) is 15.8. The topological polar surface area (TPSA) is 64.0 Å². The third-order valence-corrected chi connectivity index (χ3v) is 4.12. The van der Waals surface area contributed by atoms with Crippen LogP contribution in [0.25, 0.3) is 6.08 Å². The molecule has 1 aromatic rings. The average Bonchev–Trinajstić information content (AvgIpc) is 2.53. The normalized spacial score (nSPS) is 16.2.